The Bertz CT molecular complexity index is 1310. The van der Waals surface area contributed by atoms with Crippen molar-refractivity contribution in [2.75, 3.05) is 13.6 Å². The fourth-order valence-corrected chi connectivity index (χ4v) is 5.54. The third-order valence-corrected chi connectivity index (χ3v) is 8.36. The molecule has 1 N–H and O–H groups in total. The lowest BCUT2D eigenvalue weighted by Crippen LogP contribution is -2.51. The predicted octanol–water partition coefficient (Wildman–Crippen LogP) is 4.56. The van der Waals surface area contributed by atoms with Crippen LogP contribution in [0.5, 0.6) is 0 Å². The van der Waals surface area contributed by atoms with Crippen molar-refractivity contribution in [3.05, 3.63) is 102 Å². The van der Waals surface area contributed by atoms with E-state index in [1.807, 2.05) is 75.4 Å². The first-order valence-electron chi connectivity index (χ1n) is 13.3. The van der Waals surface area contributed by atoms with Gasteiger partial charge in [-0.3, -0.25) is 9.59 Å². The Kier molecular flexibility index (Phi) is 10.8. The maximum atomic E-state index is 13.7. The number of hydrogen-bond donors (Lipinski definition) is 1. The van der Waals surface area contributed by atoms with Crippen LogP contribution in [0.4, 0.5) is 0 Å². The summed E-state index contributed by atoms with van der Waals surface area (Å²) in [6.45, 7) is 6.25. The van der Waals surface area contributed by atoms with Crippen molar-refractivity contribution in [2.24, 2.45) is 0 Å². The molecule has 0 saturated heterocycles. The minimum atomic E-state index is -3.65. The average molecular weight is 550 g/mol. The molecule has 0 spiro atoms. The van der Waals surface area contributed by atoms with Crippen molar-refractivity contribution < 1.29 is 18.0 Å². The molecule has 1 atom stereocenters. The van der Waals surface area contributed by atoms with E-state index < -0.39 is 16.1 Å². The molecule has 3 rings (SSSR count). The van der Waals surface area contributed by atoms with Crippen LogP contribution in [-0.4, -0.2) is 55.1 Å². The summed E-state index contributed by atoms with van der Waals surface area (Å²) in [6.07, 6.45) is 0.815. The van der Waals surface area contributed by atoms with Crippen molar-refractivity contribution >= 4 is 21.8 Å². The fraction of sp³-hybridized carbons (Fsp3) is 0.355. The minimum absolute atomic E-state index is 0.0797. The Hall–Kier alpha value is -3.49. The number of carbonyl (C=O) groups excluding carboxylic acids is 2. The van der Waals surface area contributed by atoms with E-state index >= 15 is 0 Å². The monoisotopic (exact) mass is 549 g/mol. The summed E-state index contributed by atoms with van der Waals surface area (Å²) in [7, 11) is -2.13. The lowest BCUT2D eigenvalue weighted by molar-refractivity contribution is -0.141. The first kappa shape index (κ1) is 30.1. The molecule has 0 radical (unpaired) electrons. The van der Waals surface area contributed by atoms with Crippen LogP contribution in [0.2, 0.25) is 0 Å². The van der Waals surface area contributed by atoms with Gasteiger partial charge in [0, 0.05) is 39.0 Å². The molecule has 7 nitrogen and oxygen atoms in total. The summed E-state index contributed by atoms with van der Waals surface area (Å²) in [6, 6.07) is 25.0. The van der Waals surface area contributed by atoms with Crippen LogP contribution < -0.4 is 5.32 Å². The van der Waals surface area contributed by atoms with Crippen LogP contribution in [0.3, 0.4) is 0 Å². The molecule has 8 heteroatoms. The van der Waals surface area contributed by atoms with Crippen molar-refractivity contribution in [3.63, 3.8) is 0 Å². The molecule has 0 saturated carbocycles. The van der Waals surface area contributed by atoms with E-state index in [2.05, 4.69) is 5.32 Å². The second-order valence-electron chi connectivity index (χ2n) is 10.1. The van der Waals surface area contributed by atoms with Crippen LogP contribution in [0.1, 0.15) is 43.4 Å². The summed E-state index contributed by atoms with van der Waals surface area (Å²) < 4.78 is 27.1. The molecular formula is C31H39N3O4S. The molecule has 2 amide bonds. The minimum Gasteiger partial charge on any atom is -0.352 e. The number of aryl methyl sites for hydroxylation is 1. The largest absolute Gasteiger partial charge is 0.352 e. The van der Waals surface area contributed by atoms with E-state index in [4.69, 9.17) is 0 Å². The average Bonchev–Trinajstić information content (AvgIpc) is 2.92. The normalized spacial score (nSPS) is 12.4. The van der Waals surface area contributed by atoms with Gasteiger partial charge in [-0.25, -0.2) is 12.7 Å². The number of amides is 2. The highest BCUT2D eigenvalue weighted by Crippen LogP contribution is 2.18. The lowest BCUT2D eigenvalue weighted by Gasteiger charge is -2.32. The molecule has 39 heavy (non-hydrogen) atoms. The van der Waals surface area contributed by atoms with Gasteiger partial charge in [-0.2, -0.15) is 0 Å². The first-order valence-corrected chi connectivity index (χ1v) is 14.7. The Morgan fingerprint density at radius 3 is 2.03 bits per heavy atom. The van der Waals surface area contributed by atoms with Crippen LogP contribution in [0.25, 0.3) is 0 Å². The second-order valence-corrected chi connectivity index (χ2v) is 12.2. The van der Waals surface area contributed by atoms with Gasteiger partial charge >= 0.3 is 0 Å². The third-order valence-electron chi connectivity index (χ3n) is 6.49. The first-order chi connectivity index (χ1) is 18.6. The zero-order valence-corrected chi connectivity index (χ0v) is 24.0. The maximum Gasteiger partial charge on any atom is 0.243 e. The molecule has 3 aromatic rings. The zero-order valence-electron chi connectivity index (χ0n) is 23.2. The lowest BCUT2D eigenvalue weighted by atomic mass is 10.0. The number of hydrogen-bond acceptors (Lipinski definition) is 4. The molecule has 3 aromatic carbocycles. The van der Waals surface area contributed by atoms with E-state index in [1.165, 1.54) is 11.4 Å². The van der Waals surface area contributed by atoms with Crippen LogP contribution in [-0.2, 0) is 32.6 Å². The molecule has 0 aromatic heterocycles. The summed E-state index contributed by atoms with van der Waals surface area (Å²) >= 11 is 0. The van der Waals surface area contributed by atoms with Crippen molar-refractivity contribution in [1.82, 2.24) is 14.5 Å². The van der Waals surface area contributed by atoms with Crippen LogP contribution >= 0.6 is 0 Å². The number of sulfonamides is 1. The molecule has 0 fully saturated rings. The number of nitrogens with zero attached hydrogens (tertiary/aromatic N) is 2. The van der Waals surface area contributed by atoms with Gasteiger partial charge in [0.05, 0.1) is 4.90 Å². The van der Waals surface area contributed by atoms with E-state index in [9.17, 15) is 18.0 Å². The van der Waals surface area contributed by atoms with Gasteiger partial charge in [-0.1, -0.05) is 78.4 Å². The van der Waals surface area contributed by atoms with E-state index in [0.29, 0.717) is 12.8 Å². The number of benzene rings is 3. The van der Waals surface area contributed by atoms with Gasteiger partial charge in [-0.15, -0.1) is 0 Å². The van der Waals surface area contributed by atoms with Gasteiger partial charge in [0.2, 0.25) is 21.8 Å². The van der Waals surface area contributed by atoms with Crippen LogP contribution in [0.15, 0.2) is 89.8 Å². The predicted molar refractivity (Wildman–Crippen MR) is 154 cm³/mol. The van der Waals surface area contributed by atoms with Crippen LogP contribution in [0, 0.1) is 6.92 Å². The Labute approximate surface area is 232 Å². The maximum absolute atomic E-state index is 13.7. The molecule has 1 unspecified atom stereocenters. The topological polar surface area (TPSA) is 86.8 Å². The Morgan fingerprint density at radius 1 is 0.846 bits per heavy atom. The van der Waals surface area contributed by atoms with E-state index in [1.54, 1.807) is 35.2 Å². The number of carbonyl (C=O) groups is 2. The molecule has 0 aliphatic carbocycles. The van der Waals surface area contributed by atoms with Gasteiger partial charge < -0.3 is 10.2 Å². The Morgan fingerprint density at radius 2 is 1.44 bits per heavy atom. The van der Waals surface area contributed by atoms with Gasteiger partial charge in [0.15, 0.2) is 0 Å². The quantitative estimate of drug-likeness (QED) is 0.339. The molecule has 0 aliphatic rings. The fourth-order valence-electron chi connectivity index (χ4n) is 4.31. The molecule has 208 valence electrons. The summed E-state index contributed by atoms with van der Waals surface area (Å²) in [4.78, 5) is 29.0. The van der Waals surface area contributed by atoms with Crippen molar-refractivity contribution in [3.8, 4) is 0 Å². The summed E-state index contributed by atoms with van der Waals surface area (Å²) in [5.74, 6) is -0.404. The zero-order chi connectivity index (χ0) is 28.4. The number of rotatable bonds is 13. The van der Waals surface area contributed by atoms with E-state index in [-0.39, 0.29) is 42.3 Å². The van der Waals surface area contributed by atoms with Gasteiger partial charge in [0.25, 0.3) is 0 Å². The highest BCUT2D eigenvalue weighted by atomic mass is 32.2. The van der Waals surface area contributed by atoms with E-state index in [0.717, 1.165) is 16.7 Å². The standard InChI is InChI=1S/C31H39N3O4S/c1-24(2)32-31(36)29(22-26-12-7-5-8-13-26)34(23-27-19-17-25(3)18-20-27)30(35)16-11-21-33(4)39(37,38)28-14-9-6-10-15-28/h5-10,12-15,17-20,24,29H,11,16,21-23H2,1-4H3,(H,32,36). The number of nitrogens with one attached hydrogen (secondary N) is 1. The molecule has 0 heterocycles. The molecule has 0 bridgehead atoms. The Balaban J connectivity index is 1.81. The highest BCUT2D eigenvalue weighted by molar-refractivity contribution is 7.89. The second kappa shape index (κ2) is 14.1. The highest BCUT2D eigenvalue weighted by Gasteiger charge is 2.31. The smallest absolute Gasteiger partial charge is 0.243 e. The SMILES string of the molecule is Cc1ccc(CN(C(=O)CCCN(C)S(=O)(=O)c2ccccc2)C(Cc2ccccc2)C(=O)NC(C)C)cc1. The van der Waals surface area contributed by atoms with Gasteiger partial charge in [-0.05, 0) is 50.5 Å². The summed E-state index contributed by atoms with van der Waals surface area (Å²) in [5.41, 5.74) is 2.99. The molecule has 0 aliphatic heterocycles. The molecular weight excluding hydrogens is 510 g/mol. The van der Waals surface area contributed by atoms with Gasteiger partial charge in [0.1, 0.15) is 6.04 Å². The van der Waals surface area contributed by atoms with Crippen molar-refractivity contribution in [1.29, 1.82) is 0 Å². The third kappa shape index (κ3) is 8.76. The summed E-state index contributed by atoms with van der Waals surface area (Å²) in [5, 5.41) is 2.99. The van der Waals surface area contributed by atoms with Crippen molar-refractivity contribution in [2.45, 2.75) is 63.6 Å².